The van der Waals surface area contributed by atoms with E-state index < -0.39 is 28.0 Å². The molecule has 2 unspecified atom stereocenters. The van der Waals surface area contributed by atoms with Gasteiger partial charge in [-0.2, -0.15) is 8.42 Å². The average Bonchev–Trinajstić information content (AvgIpc) is 2.67. The van der Waals surface area contributed by atoms with Crippen molar-refractivity contribution in [1.82, 2.24) is 5.32 Å². The monoisotopic (exact) mass is 449 g/mol. The van der Waals surface area contributed by atoms with Crippen LogP contribution in [0.2, 0.25) is 0 Å². The maximum absolute atomic E-state index is 12.2. The Labute approximate surface area is 185 Å². The molecular weight excluding hydrogens is 402 g/mol. The molecule has 0 spiro atoms. The number of aliphatic hydroxyl groups is 1. The minimum Gasteiger partial charge on any atom is -0.391 e. The third kappa shape index (κ3) is 19.3. The zero-order valence-corrected chi connectivity index (χ0v) is 20.2. The highest BCUT2D eigenvalue weighted by atomic mass is 32.2. The molecule has 0 aromatic heterocycles. The predicted octanol–water partition coefficient (Wildman–Crippen LogP) is 5.39. The molecule has 1 amide bonds. The number of amides is 1. The molecule has 2 atom stereocenters. The summed E-state index contributed by atoms with van der Waals surface area (Å²) < 4.78 is 31.8. The number of hydrogen-bond acceptors (Lipinski definition) is 4. The summed E-state index contributed by atoms with van der Waals surface area (Å²) in [5, 5.41) is 13.0. The van der Waals surface area contributed by atoms with Gasteiger partial charge in [0.25, 0.3) is 10.1 Å². The second kappa shape index (κ2) is 19.1. The highest BCUT2D eigenvalue weighted by Gasteiger charge is 2.25. The third-order valence-corrected chi connectivity index (χ3v) is 6.34. The lowest BCUT2D eigenvalue weighted by atomic mass is 10.0. The highest BCUT2D eigenvalue weighted by Crippen LogP contribution is 2.13. The molecule has 180 valence electrons. The van der Waals surface area contributed by atoms with Crippen LogP contribution in [-0.2, 0) is 14.9 Å². The van der Waals surface area contributed by atoms with Gasteiger partial charge >= 0.3 is 0 Å². The van der Waals surface area contributed by atoms with E-state index in [1.54, 1.807) is 0 Å². The second-order valence-electron chi connectivity index (χ2n) is 8.62. The largest absolute Gasteiger partial charge is 0.391 e. The lowest BCUT2D eigenvalue weighted by Gasteiger charge is -2.23. The predicted molar refractivity (Wildman–Crippen MR) is 124 cm³/mol. The maximum atomic E-state index is 12.2. The summed E-state index contributed by atoms with van der Waals surface area (Å²) in [6.07, 6.45) is 16.5. The van der Waals surface area contributed by atoms with Crippen molar-refractivity contribution in [3.63, 3.8) is 0 Å². The number of unbranched alkanes of at least 4 members (excludes halogenated alkanes) is 13. The van der Waals surface area contributed by atoms with E-state index in [0.29, 0.717) is 12.8 Å². The first-order chi connectivity index (χ1) is 14.3. The molecule has 7 heteroatoms. The van der Waals surface area contributed by atoms with Crippen LogP contribution >= 0.6 is 0 Å². The van der Waals surface area contributed by atoms with Crippen molar-refractivity contribution in [2.24, 2.45) is 0 Å². The molecule has 0 fully saturated rings. The smallest absolute Gasteiger partial charge is 0.266 e. The van der Waals surface area contributed by atoms with Gasteiger partial charge in [0.1, 0.15) is 0 Å². The molecule has 0 saturated heterocycles. The third-order valence-electron chi connectivity index (χ3n) is 5.56. The lowest BCUT2D eigenvalue weighted by molar-refractivity contribution is -0.122. The van der Waals surface area contributed by atoms with Crippen LogP contribution in [0.25, 0.3) is 0 Å². The Kier molecular flexibility index (Phi) is 18.6. The maximum Gasteiger partial charge on any atom is 0.266 e. The molecule has 0 saturated carbocycles. The Bertz CT molecular complexity index is 510. The molecule has 0 heterocycles. The number of nitrogens with one attached hydrogen (secondary N) is 1. The van der Waals surface area contributed by atoms with Gasteiger partial charge in [0, 0.05) is 6.42 Å². The normalized spacial score (nSPS) is 13.9. The Morgan fingerprint density at radius 2 is 1.20 bits per heavy atom. The van der Waals surface area contributed by atoms with E-state index >= 15 is 0 Å². The SMILES string of the molecule is CCCCCCCCCCC(=O)NC(CS(=O)(=O)O)C(O)CCCCCCCCC. The van der Waals surface area contributed by atoms with Crippen LogP contribution < -0.4 is 5.32 Å². The Morgan fingerprint density at radius 1 is 0.767 bits per heavy atom. The van der Waals surface area contributed by atoms with Gasteiger partial charge in [-0.25, -0.2) is 0 Å². The van der Waals surface area contributed by atoms with Crippen molar-refractivity contribution in [1.29, 1.82) is 0 Å². The van der Waals surface area contributed by atoms with E-state index in [4.69, 9.17) is 0 Å². The standard InChI is InChI=1S/C23H47NO5S/c1-3-5-7-9-11-13-15-17-19-23(26)24-21(20-30(27,28)29)22(25)18-16-14-12-10-8-6-4-2/h21-22,25H,3-20H2,1-2H3,(H,24,26)(H,27,28,29). The summed E-state index contributed by atoms with van der Waals surface area (Å²) >= 11 is 0. The summed E-state index contributed by atoms with van der Waals surface area (Å²) in [7, 11) is -4.27. The summed E-state index contributed by atoms with van der Waals surface area (Å²) in [6, 6.07) is -0.957. The Hall–Kier alpha value is -0.660. The van der Waals surface area contributed by atoms with E-state index in [-0.39, 0.29) is 5.91 Å². The van der Waals surface area contributed by atoms with E-state index in [0.717, 1.165) is 38.5 Å². The van der Waals surface area contributed by atoms with Gasteiger partial charge in [-0.15, -0.1) is 0 Å². The summed E-state index contributed by atoms with van der Waals surface area (Å²) in [4.78, 5) is 12.2. The van der Waals surface area contributed by atoms with Crippen molar-refractivity contribution in [3.8, 4) is 0 Å². The van der Waals surface area contributed by atoms with Gasteiger partial charge in [0.05, 0.1) is 17.9 Å². The number of carbonyl (C=O) groups is 1. The molecule has 0 aliphatic rings. The minimum absolute atomic E-state index is 0.256. The fourth-order valence-corrected chi connectivity index (χ4v) is 4.45. The first-order valence-corrected chi connectivity index (χ1v) is 13.8. The molecule has 0 aliphatic carbocycles. The lowest BCUT2D eigenvalue weighted by Crippen LogP contribution is -2.47. The zero-order valence-electron chi connectivity index (χ0n) is 19.4. The van der Waals surface area contributed by atoms with E-state index in [1.807, 2.05) is 0 Å². The van der Waals surface area contributed by atoms with Crippen molar-refractivity contribution in [2.45, 2.75) is 135 Å². The van der Waals surface area contributed by atoms with Crippen LogP contribution in [0.1, 0.15) is 123 Å². The number of hydrogen-bond donors (Lipinski definition) is 3. The van der Waals surface area contributed by atoms with Crippen LogP contribution in [0.3, 0.4) is 0 Å². The van der Waals surface area contributed by atoms with Crippen molar-refractivity contribution >= 4 is 16.0 Å². The molecule has 6 nitrogen and oxygen atoms in total. The van der Waals surface area contributed by atoms with Crippen molar-refractivity contribution in [2.75, 3.05) is 5.75 Å². The van der Waals surface area contributed by atoms with Gasteiger partial charge in [0.15, 0.2) is 0 Å². The molecular formula is C23H47NO5S. The fourth-order valence-electron chi connectivity index (χ4n) is 3.69. The van der Waals surface area contributed by atoms with Gasteiger partial charge in [-0.1, -0.05) is 104 Å². The first kappa shape index (κ1) is 29.3. The van der Waals surface area contributed by atoms with Gasteiger partial charge in [-0.3, -0.25) is 9.35 Å². The summed E-state index contributed by atoms with van der Waals surface area (Å²) in [6.45, 7) is 4.37. The van der Waals surface area contributed by atoms with Gasteiger partial charge < -0.3 is 10.4 Å². The van der Waals surface area contributed by atoms with Gasteiger partial charge in [-0.05, 0) is 12.8 Å². The molecule has 0 aromatic carbocycles. The van der Waals surface area contributed by atoms with Crippen LogP contribution in [0.15, 0.2) is 0 Å². The molecule has 0 aliphatic heterocycles. The van der Waals surface area contributed by atoms with E-state index in [9.17, 15) is 22.9 Å². The number of rotatable bonds is 21. The van der Waals surface area contributed by atoms with E-state index in [2.05, 4.69) is 19.2 Å². The van der Waals surface area contributed by atoms with E-state index in [1.165, 1.54) is 57.8 Å². The minimum atomic E-state index is -4.27. The van der Waals surface area contributed by atoms with Gasteiger partial charge in [0.2, 0.25) is 5.91 Å². The van der Waals surface area contributed by atoms with Crippen molar-refractivity contribution < 1.29 is 22.9 Å². The fraction of sp³-hybridized carbons (Fsp3) is 0.957. The van der Waals surface area contributed by atoms with Crippen LogP contribution in [0.5, 0.6) is 0 Å². The summed E-state index contributed by atoms with van der Waals surface area (Å²) in [5.41, 5.74) is 0. The number of aliphatic hydroxyl groups excluding tert-OH is 1. The molecule has 0 rings (SSSR count). The highest BCUT2D eigenvalue weighted by molar-refractivity contribution is 7.85. The molecule has 0 bridgehead atoms. The van der Waals surface area contributed by atoms with Crippen molar-refractivity contribution in [3.05, 3.63) is 0 Å². The summed E-state index contributed by atoms with van der Waals surface area (Å²) in [5.74, 6) is -0.901. The average molecular weight is 450 g/mol. The quantitative estimate of drug-likeness (QED) is 0.161. The van der Waals surface area contributed by atoms with Crippen LogP contribution in [0.4, 0.5) is 0 Å². The molecule has 0 aromatic rings. The molecule has 0 radical (unpaired) electrons. The van der Waals surface area contributed by atoms with Crippen LogP contribution in [-0.4, -0.2) is 41.9 Å². The second-order valence-corrected chi connectivity index (χ2v) is 10.1. The zero-order chi connectivity index (χ0) is 22.7. The number of carbonyl (C=O) groups excluding carboxylic acids is 1. The van der Waals surface area contributed by atoms with Crippen LogP contribution in [0, 0.1) is 0 Å². The Balaban J connectivity index is 4.17. The molecule has 3 N–H and O–H groups in total. The topological polar surface area (TPSA) is 104 Å². The Morgan fingerprint density at radius 3 is 1.67 bits per heavy atom. The first-order valence-electron chi connectivity index (χ1n) is 12.2. The molecule has 30 heavy (non-hydrogen) atoms.